The van der Waals surface area contributed by atoms with Crippen molar-refractivity contribution in [2.75, 3.05) is 26.2 Å². The van der Waals surface area contributed by atoms with Crippen LogP contribution in [0.1, 0.15) is 35.0 Å². The number of hydrogen-bond acceptors (Lipinski definition) is 5. The Kier molecular flexibility index (Phi) is 4.58. The summed E-state index contributed by atoms with van der Waals surface area (Å²) in [7, 11) is 0. The third kappa shape index (κ3) is 3.26. The fourth-order valence-electron chi connectivity index (χ4n) is 4.66. The van der Waals surface area contributed by atoms with Gasteiger partial charge in [-0.05, 0) is 61.7 Å². The number of amides is 1. The Balaban J connectivity index is 1.44. The zero-order valence-corrected chi connectivity index (χ0v) is 17.0. The van der Waals surface area contributed by atoms with Crippen LogP contribution in [-0.2, 0) is 6.42 Å². The van der Waals surface area contributed by atoms with Gasteiger partial charge in [-0.1, -0.05) is 6.08 Å². The van der Waals surface area contributed by atoms with Gasteiger partial charge in [0.05, 0.1) is 11.6 Å². The standard InChI is InChI=1S/C24H24N4O2/c1-24(28-10-8-26-9-11-28)7-6-20-19(14-24)12-18-13-21(30-22(18)23(29)27-20)17-4-2-16(15-25)3-5-17/h2-7,13,26H,8-12,14H2,1H3,(H,27,29). The maximum Gasteiger partial charge on any atom is 0.291 e. The summed E-state index contributed by atoms with van der Waals surface area (Å²) < 4.78 is 5.97. The Hall–Kier alpha value is -3.14. The number of piperazine rings is 1. The van der Waals surface area contributed by atoms with Gasteiger partial charge >= 0.3 is 0 Å². The van der Waals surface area contributed by atoms with E-state index in [2.05, 4.69) is 40.7 Å². The van der Waals surface area contributed by atoms with Crippen LogP contribution < -0.4 is 10.6 Å². The molecule has 2 aliphatic heterocycles. The number of nitrogens with one attached hydrogen (secondary N) is 2. The highest BCUT2D eigenvalue weighted by atomic mass is 16.4. The van der Waals surface area contributed by atoms with Crippen LogP contribution in [0.4, 0.5) is 0 Å². The van der Waals surface area contributed by atoms with Gasteiger partial charge in [0, 0.05) is 48.5 Å². The molecule has 30 heavy (non-hydrogen) atoms. The van der Waals surface area contributed by atoms with Crippen molar-refractivity contribution in [2.45, 2.75) is 25.3 Å². The van der Waals surface area contributed by atoms with E-state index in [0.717, 1.165) is 49.4 Å². The van der Waals surface area contributed by atoms with Crippen LogP contribution in [0.15, 0.2) is 58.2 Å². The van der Waals surface area contributed by atoms with Crippen molar-refractivity contribution in [3.63, 3.8) is 0 Å². The quantitative estimate of drug-likeness (QED) is 0.810. The monoisotopic (exact) mass is 400 g/mol. The highest BCUT2D eigenvalue weighted by molar-refractivity contribution is 5.96. The van der Waals surface area contributed by atoms with Gasteiger partial charge in [-0.25, -0.2) is 0 Å². The summed E-state index contributed by atoms with van der Waals surface area (Å²) in [5.41, 5.74) is 4.46. The molecular weight excluding hydrogens is 376 g/mol. The lowest BCUT2D eigenvalue weighted by molar-refractivity contribution is 0.0939. The van der Waals surface area contributed by atoms with Crippen molar-refractivity contribution in [1.82, 2.24) is 15.5 Å². The molecule has 3 aliphatic rings. The molecule has 152 valence electrons. The molecule has 1 aliphatic carbocycles. The zero-order chi connectivity index (χ0) is 20.7. The Bertz CT molecular complexity index is 1100. The molecule has 2 aromatic rings. The van der Waals surface area contributed by atoms with Crippen molar-refractivity contribution in [3.05, 3.63) is 70.6 Å². The number of carbonyl (C=O) groups excluding carboxylic acids is 1. The third-order valence-corrected chi connectivity index (χ3v) is 6.37. The smallest absolute Gasteiger partial charge is 0.291 e. The average Bonchev–Trinajstić information content (AvgIpc) is 3.15. The molecule has 1 unspecified atom stereocenters. The summed E-state index contributed by atoms with van der Waals surface area (Å²) in [5, 5.41) is 15.5. The van der Waals surface area contributed by atoms with E-state index >= 15 is 0 Å². The van der Waals surface area contributed by atoms with Crippen molar-refractivity contribution >= 4 is 5.91 Å². The summed E-state index contributed by atoms with van der Waals surface area (Å²) in [6.07, 6.45) is 5.87. The molecule has 6 nitrogen and oxygen atoms in total. The molecule has 1 aromatic carbocycles. The lowest BCUT2D eigenvalue weighted by atomic mass is 9.83. The molecule has 5 rings (SSSR count). The molecule has 0 spiro atoms. The third-order valence-electron chi connectivity index (χ3n) is 6.37. The maximum absolute atomic E-state index is 12.8. The Morgan fingerprint density at radius 2 is 1.97 bits per heavy atom. The highest BCUT2D eigenvalue weighted by Gasteiger charge is 2.36. The Morgan fingerprint density at radius 3 is 2.70 bits per heavy atom. The number of furan rings is 1. The van der Waals surface area contributed by atoms with E-state index in [1.165, 1.54) is 5.57 Å². The summed E-state index contributed by atoms with van der Waals surface area (Å²) in [4.78, 5) is 15.4. The zero-order valence-electron chi connectivity index (χ0n) is 17.0. The first-order chi connectivity index (χ1) is 14.6. The van der Waals surface area contributed by atoms with Gasteiger partial charge in [-0.3, -0.25) is 9.69 Å². The number of hydrogen-bond donors (Lipinski definition) is 2. The number of nitrogens with zero attached hydrogens (tertiary/aromatic N) is 2. The van der Waals surface area contributed by atoms with E-state index in [1.54, 1.807) is 12.1 Å². The predicted octanol–water partition coefficient (Wildman–Crippen LogP) is 2.98. The fourth-order valence-corrected chi connectivity index (χ4v) is 4.66. The van der Waals surface area contributed by atoms with Crippen LogP contribution in [0.25, 0.3) is 11.3 Å². The van der Waals surface area contributed by atoms with Crippen LogP contribution in [0, 0.1) is 11.3 Å². The summed E-state index contributed by atoms with van der Waals surface area (Å²) >= 11 is 0. The number of benzene rings is 1. The molecule has 1 amide bonds. The van der Waals surface area contributed by atoms with Crippen molar-refractivity contribution in [2.24, 2.45) is 0 Å². The Labute approximate surface area is 175 Å². The van der Waals surface area contributed by atoms with E-state index in [0.29, 0.717) is 23.5 Å². The highest BCUT2D eigenvalue weighted by Crippen LogP contribution is 2.37. The molecular formula is C24H24N4O2. The number of allylic oxidation sites excluding steroid dienone is 1. The molecule has 0 radical (unpaired) electrons. The lowest BCUT2D eigenvalue weighted by Gasteiger charge is -2.44. The molecule has 6 heteroatoms. The molecule has 1 atom stereocenters. The van der Waals surface area contributed by atoms with Crippen LogP contribution in [0.3, 0.4) is 0 Å². The van der Waals surface area contributed by atoms with Crippen molar-refractivity contribution in [1.29, 1.82) is 5.26 Å². The first kappa shape index (κ1) is 18.9. The summed E-state index contributed by atoms with van der Waals surface area (Å²) in [6.45, 7) is 6.34. The van der Waals surface area contributed by atoms with E-state index in [9.17, 15) is 4.79 Å². The SMILES string of the molecule is CC1(N2CCNCC2)C=CC2=C(Cc3cc(-c4ccc(C#N)cc4)oc3C(=O)N2)C1. The molecule has 0 saturated carbocycles. The number of rotatable bonds is 2. The molecule has 2 N–H and O–H groups in total. The van der Waals surface area contributed by atoms with Gasteiger partial charge in [0.1, 0.15) is 5.76 Å². The van der Waals surface area contributed by atoms with E-state index in [-0.39, 0.29) is 11.4 Å². The predicted molar refractivity (Wildman–Crippen MR) is 114 cm³/mol. The largest absolute Gasteiger partial charge is 0.451 e. The minimum absolute atomic E-state index is 0.0458. The Morgan fingerprint density at radius 1 is 1.20 bits per heavy atom. The van der Waals surface area contributed by atoms with E-state index < -0.39 is 0 Å². The lowest BCUT2D eigenvalue weighted by Crippen LogP contribution is -2.54. The second kappa shape index (κ2) is 7.28. The van der Waals surface area contributed by atoms with E-state index in [1.807, 2.05) is 18.2 Å². The van der Waals surface area contributed by atoms with Gasteiger partial charge in [-0.15, -0.1) is 0 Å². The molecule has 1 fully saturated rings. The minimum Gasteiger partial charge on any atom is -0.451 e. The normalized spacial score (nSPS) is 23.9. The fraction of sp³-hybridized carbons (Fsp3) is 0.333. The van der Waals surface area contributed by atoms with Crippen LogP contribution >= 0.6 is 0 Å². The van der Waals surface area contributed by atoms with Gasteiger partial charge in [0.15, 0.2) is 5.76 Å². The van der Waals surface area contributed by atoms with E-state index in [4.69, 9.17) is 9.68 Å². The second-order valence-corrected chi connectivity index (χ2v) is 8.41. The van der Waals surface area contributed by atoms with Crippen LogP contribution in [-0.4, -0.2) is 42.5 Å². The average molecular weight is 400 g/mol. The van der Waals surface area contributed by atoms with Gasteiger partial charge < -0.3 is 15.1 Å². The topological polar surface area (TPSA) is 81.3 Å². The molecule has 3 heterocycles. The van der Waals surface area contributed by atoms with Crippen molar-refractivity contribution in [3.8, 4) is 17.4 Å². The molecule has 1 aromatic heterocycles. The summed E-state index contributed by atoms with van der Waals surface area (Å²) in [5.74, 6) is 0.825. The summed E-state index contributed by atoms with van der Waals surface area (Å²) in [6, 6.07) is 11.3. The minimum atomic E-state index is -0.203. The van der Waals surface area contributed by atoms with Crippen LogP contribution in [0.5, 0.6) is 0 Å². The maximum atomic E-state index is 12.8. The van der Waals surface area contributed by atoms with Gasteiger partial charge in [0.25, 0.3) is 5.91 Å². The number of carbonyl (C=O) groups is 1. The second-order valence-electron chi connectivity index (χ2n) is 8.41. The molecule has 1 saturated heterocycles. The first-order valence-corrected chi connectivity index (χ1v) is 10.4. The van der Waals surface area contributed by atoms with Gasteiger partial charge in [0.2, 0.25) is 0 Å². The molecule has 0 bridgehead atoms. The first-order valence-electron chi connectivity index (χ1n) is 10.4. The van der Waals surface area contributed by atoms with Crippen molar-refractivity contribution < 1.29 is 9.21 Å². The van der Waals surface area contributed by atoms with Gasteiger partial charge in [-0.2, -0.15) is 5.26 Å². The number of nitriles is 1. The number of fused-ring (bicyclic) bond motifs is 1. The van der Waals surface area contributed by atoms with Crippen LogP contribution in [0.2, 0.25) is 0 Å².